The molecule has 3 rings (SSSR count). The molecule has 1 aromatic heterocycles. The van der Waals surface area contributed by atoms with Crippen LogP contribution in [0.2, 0.25) is 0 Å². The zero-order valence-electron chi connectivity index (χ0n) is 11.2. The molecule has 0 aliphatic carbocycles. The van der Waals surface area contributed by atoms with E-state index in [2.05, 4.69) is 29.5 Å². The van der Waals surface area contributed by atoms with E-state index in [1.54, 1.807) is 0 Å². The van der Waals surface area contributed by atoms with Crippen LogP contribution < -0.4 is 16.4 Å². The number of hydrogen-bond donors (Lipinski definition) is 3. The monoisotopic (exact) mass is 261 g/mol. The van der Waals surface area contributed by atoms with Gasteiger partial charge in [-0.3, -0.25) is 4.98 Å². The van der Waals surface area contributed by atoms with Crippen LogP contribution in [0.1, 0.15) is 25.8 Å². The summed E-state index contributed by atoms with van der Waals surface area (Å²) >= 11 is 0. The van der Waals surface area contributed by atoms with Crippen LogP contribution in [0.3, 0.4) is 0 Å². The summed E-state index contributed by atoms with van der Waals surface area (Å²) in [6.07, 6.45) is 1.12. The summed E-state index contributed by atoms with van der Waals surface area (Å²) in [7, 11) is 0. The van der Waals surface area contributed by atoms with Gasteiger partial charge in [-0.2, -0.15) is 0 Å². The second-order valence-corrected chi connectivity index (χ2v) is 5.89. The van der Waals surface area contributed by atoms with Crippen LogP contribution in [0, 0.1) is 0 Å². The van der Waals surface area contributed by atoms with Gasteiger partial charge in [0.1, 0.15) is 0 Å². The molecule has 1 saturated heterocycles. The minimum Gasteiger partial charge on any atom is -0.408 e. The number of hydrogen-bond acceptors (Lipinski definition) is 4. The van der Waals surface area contributed by atoms with Gasteiger partial charge < -0.3 is 15.1 Å². The van der Waals surface area contributed by atoms with Gasteiger partial charge in [-0.1, -0.05) is 6.07 Å². The number of fused-ring (bicyclic) bond motifs is 1. The van der Waals surface area contributed by atoms with Crippen LogP contribution in [0.5, 0.6) is 0 Å². The third-order valence-electron chi connectivity index (χ3n) is 3.66. The number of rotatable bonds is 3. The predicted octanol–water partition coefficient (Wildman–Crippen LogP) is 1.35. The zero-order chi connectivity index (χ0) is 13.5. The number of benzene rings is 1. The van der Waals surface area contributed by atoms with Crippen molar-refractivity contribution in [1.29, 1.82) is 0 Å². The molecule has 1 aliphatic rings. The highest BCUT2D eigenvalue weighted by molar-refractivity contribution is 5.72. The van der Waals surface area contributed by atoms with Crippen LogP contribution in [-0.2, 0) is 6.54 Å². The van der Waals surface area contributed by atoms with E-state index >= 15 is 0 Å². The van der Waals surface area contributed by atoms with Crippen molar-refractivity contribution >= 4 is 11.1 Å². The first-order valence-corrected chi connectivity index (χ1v) is 6.62. The average molecular weight is 261 g/mol. The van der Waals surface area contributed by atoms with Crippen LogP contribution >= 0.6 is 0 Å². The van der Waals surface area contributed by atoms with Gasteiger partial charge in [0.05, 0.1) is 5.52 Å². The molecule has 5 nitrogen and oxygen atoms in total. The first-order valence-electron chi connectivity index (χ1n) is 6.62. The van der Waals surface area contributed by atoms with Crippen molar-refractivity contribution in [3.8, 4) is 0 Å². The normalized spacial score (nSPS) is 22.1. The molecule has 1 atom stereocenters. The van der Waals surface area contributed by atoms with E-state index in [1.165, 1.54) is 0 Å². The quantitative estimate of drug-likeness (QED) is 0.780. The summed E-state index contributed by atoms with van der Waals surface area (Å²) in [4.78, 5) is 13.8. The Morgan fingerprint density at radius 1 is 1.47 bits per heavy atom. The minimum absolute atomic E-state index is 0.220. The highest BCUT2D eigenvalue weighted by atomic mass is 16.4. The molecule has 102 valence electrons. The summed E-state index contributed by atoms with van der Waals surface area (Å²) in [5, 5.41) is 7.03. The van der Waals surface area contributed by atoms with E-state index < -0.39 is 5.76 Å². The van der Waals surface area contributed by atoms with Gasteiger partial charge in [-0.15, -0.1) is 0 Å². The van der Waals surface area contributed by atoms with Gasteiger partial charge in [0.15, 0.2) is 5.58 Å². The van der Waals surface area contributed by atoms with Crippen LogP contribution in [0.15, 0.2) is 27.4 Å². The second-order valence-electron chi connectivity index (χ2n) is 5.89. The minimum atomic E-state index is -0.401. The van der Waals surface area contributed by atoms with Crippen LogP contribution in [0.25, 0.3) is 11.1 Å². The molecule has 0 radical (unpaired) electrons. The lowest BCUT2D eigenvalue weighted by molar-refractivity contribution is 0.442. The molecule has 1 aromatic carbocycles. The highest BCUT2D eigenvalue weighted by Crippen LogP contribution is 2.18. The molecule has 0 amide bonds. The zero-order valence-corrected chi connectivity index (χ0v) is 11.2. The van der Waals surface area contributed by atoms with E-state index in [0.29, 0.717) is 11.6 Å². The van der Waals surface area contributed by atoms with Gasteiger partial charge in [-0.05, 0) is 38.0 Å². The van der Waals surface area contributed by atoms with Crippen molar-refractivity contribution in [3.63, 3.8) is 0 Å². The fourth-order valence-corrected chi connectivity index (χ4v) is 2.68. The molecule has 3 N–H and O–H groups in total. The Labute approximate surface area is 111 Å². The molecule has 5 heteroatoms. The van der Waals surface area contributed by atoms with Gasteiger partial charge >= 0.3 is 5.76 Å². The lowest BCUT2D eigenvalue weighted by Gasteiger charge is -2.17. The number of aromatic amines is 1. The van der Waals surface area contributed by atoms with Gasteiger partial charge in [0.25, 0.3) is 0 Å². The first kappa shape index (κ1) is 12.4. The molecule has 1 fully saturated rings. The average Bonchev–Trinajstić information content (AvgIpc) is 2.87. The number of oxazole rings is 1. The Bertz CT molecular complexity index is 641. The number of nitrogens with one attached hydrogen (secondary N) is 3. The third-order valence-corrected chi connectivity index (χ3v) is 3.66. The molecule has 0 saturated carbocycles. The Balaban J connectivity index is 1.67. The summed E-state index contributed by atoms with van der Waals surface area (Å²) < 4.78 is 4.99. The smallest absolute Gasteiger partial charge is 0.408 e. The summed E-state index contributed by atoms with van der Waals surface area (Å²) in [6, 6.07) is 6.27. The van der Waals surface area contributed by atoms with Gasteiger partial charge in [-0.25, -0.2) is 4.79 Å². The van der Waals surface area contributed by atoms with Gasteiger partial charge in [0, 0.05) is 24.7 Å². The molecular formula is C14H19N3O2. The molecule has 1 aliphatic heterocycles. The third kappa shape index (κ3) is 2.72. The van der Waals surface area contributed by atoms with E-state index in [4.69, 9.17) is 4.42 Å². The van der Waals surface area contributed by atoms with E-state index in [-0.39, 0.29) is 5.54 Å². The first-order chi connectivity index (χ1) is 9.02. The topological polar surface area (TPSA) is 70.1 Å². The number of aromatic nitrogens is 1. The van der Waals surface area contributed by atoms with Crippen molar-refractivity contribution in [3.05, 3.63) is 34.3 Å². The molecule has 2 aromatic rings. The van der Waals surface area contributed by atoms with Crippen LogP contribution in [0.4, 0.5) is 0 Å². The molecule has 2 heterocycles. The standard InChI is InChI=1S/C14H19N3O2/c1-14(2)6-10(8-16-14)15-7-9-3-4-12-11(5-9)17-13(18)19-12/h3-5,10,15-16H,6-8H2,1-2H3,(H,17,18). The molecule has 19 heavy (non-hydrogen) atoms. The SMILES string of the molecule is CC1(C)CC(NCc2ccc3oc(=O)[nH]c3c2)CN1. The predicted molar refractivity (Wildman–Crippen MR) is 74.2 cm³/mol. The Hall–Kier alpha value is -1.59. The molecule has 0 spiro atoms. The van der Waals surface area contributed by atoms with Crippen molar-refractivity contribution in [2.24, 2.45) is 0 Å². The lowest BCUT2D eigenvalue weighted by Crippen LogP contribution is -2.31. The second kappa shape index (κ2) is 4.51. The maximum Gasteiger partial charge on any atom is 0.417 e. The van der Waals surface area contributed by atoms with Crippen molar-refractivity contribution < 1.29 is 4.42 Å². The fraction of sp³-hybridized carbons (Fsp3) is 0.500. The van der Waals surface area contributed by atoms with E-state index in [9.17, 15) is 4.79 Å². The Morgan fingerprint density at radius 3 is 3.05 bits per heavy atom. The molecule has 1 unspecified atom stereocenters. The maximum atomic E-state index is 11.1. The lowest BCUT2D eigenvalue weighted by atomic mass is 10.0. The Kier molecular flexibility index (Phi) is 2.95. The summed E-state index contributed by atoms with van der Waals surface area (Å²) in [6.45, 7) is 6.23. The van der Waals surface area contributed by atoms with Crippen LogP contribution in [-0.4, -0.2) is 23.1 Å². The number of H-pyrrole nitrogens is 1. The van der Waals surface area contributed by atoms with Gasteiger partial charge in [0.2, 0.25) is 0 Å². The van der Waals surface area contributed by atoms with Crippen molar-refractivity contribution in [2.75, 3.05) is 6.54 Å². The fourth-order valence-electron chi connectivity index (χ4n) is 2.68. The van der Waals surface area contributed by atoms with Crippen molar-refractivity contribution in [2.45, 2.75) is 38.4 Å². The Morgan fingerprint density at radius 2 is 2.32 bits per heavy atom. The summed E-state index contributed by atoms with van der Waals surface area (Å²) in [5.41, 5.74) is 2.73. The summed E-state index contributed by atoms with van der Waals surface area (Å²) in [5.74, 6) is -0.401. The highest BCUT2D eigenvalue weighted by Gasteiger charge is 2.29. The largest absolute Gasteiger partial charge is 0.417 e. The van der Waals surface area contributed by atoms with E-state index in [1.807, 2.05) is 18.2 Å². The molecular weight excluding hydrogens is 242 g/mol. The molecule has 0 bridgehead atoms. The maximum absolute atomic E-state index is 11.1. The van der Waals surface area contributed by atoms with Crippen molar-refractivity contribution in [1.82, 2.24) is 15.6 Å². The van der Waals surface area contributed by atoms with E-state index in [0.717, 1.165) is 30.6 Å².